The molecule has 2 N–H and O–H groups in total. The van der Waals surface area contributed by atoms with Crippen LogP contribution in [0.5, 0.6) is 17.2 Å². The maximum Gasteiger partial charge on any atom is 0.196 e. The molecule has 0 saturated carbocycles. The minimum absolute atomic E-state index is 0. The number of methoxy groups -OCH3 is 2. The molecular weight excluding hydrogens is 509 g/mol. The van der Waals surface area contributed by atoms with Gasteiger partial charge in [-0.15, -0.1) is 24.0 Å². The van der Waals surface area contributed by atoms with Crippen LogP contribution in [-0.2, 0) is 11.3 Å². The maximum atomic E-state index is 5.77. The van der Waals surface area contributed by atoms with Crippen molar-refractivity contribution < 1.29 is 18.9 Å². The Kier molecular flexibility index (Phi) is 13.5. The molecule has 0 heterocycles. The number of anilines is 1. The van der Waals surface area contributed by atoms with Gasteiger partial charge in [-0.2, -0.15) is 0 Å². The van der Waals surface area contributed by atoms with Crippen LogP contribution < -0.4 is 24.8 Å². The summed E-state index contributed by atoms with van der Waals surface area (Å²) in [6.45, 7) is 7.15. The van der Waals surface area contributed by atoms with Gasteiger partial charge >= 0.3 is 0 Å². The Morgan fingerprint density at radius 3 is 2.52 bits per heavy atom. The third kappa shape index (κ3) is 9.65. The fourth-order valence-electron chi connectivity index (χ4n) is 2.76. The summed E-state index contributed by atoms with van der Waals surface area (Å²) in [6, 6.07) is 13.7. The number of halogens is 1. The molecule has 7 nitrogen and oxygen atoms in total. The lowest BCUT2D eigenvalue weighted by Gasteiger charge is -2.14. The third-order valence-corrected chi connectivity index (χ3v) is 4.15. The lowest BCUT2D eigenvalue weighted by molar-refractivity contribution is 0.172. The van der Waals surface area contributed by atoms with Gasteiger partial charge in [0.05, 0.1) is 26.9 Å². The van der Waals surface area contributed by atoms with Crippen LogP contribution in [0.1, 0.15) is 25.8 Å². The minimum atomic E-state index is 0. The molecule has 0 aromatic heterocycles. The van der Waals surface area contributed by atoms with Gasteiger partial charge in [-0.05, 0) is 43.7 Å². The molecule has 0 aliphatic rings. The van der Waals surface area contributed by atoms with Gasteiger partial charge in [0.25, 0.3) is 0 Å². The maximum absolute atomic E-state index is 5.77. The minimum Gasteiger partial charge on any atom is -0.493 e. The quantitative estimate of drug-likeness (QED) is 0.175. The number of rotatable bonds is 12. The van der Waals surface area contributed by atoms with Gasteiger partial charge in [-0.1, -0.05) is 12.1 Å². The summed E-state index contributed by atoms with van der Waals surface area (Å²) in [5.41, 5.74) is 1.94. The topological polar surface area (TPSA) is 73.3 Å². The van der Waals surface area contributed by atoms with E-state index in [1.54, 1.807) is 14.2 Å². The summed E-state index contributed by atoms with van der Waals surface area (Å²) >= 11 is 0. The molecule has 31 heavy (non-hydrogen) atoms. The molecular formula is C23H34IN3O4. The summed E-state index contributed by atoms with van der Waals surface area (Å²) in [6.07, 6.45) is 0.860. The average molecular weight is 543 g/mol. The van der Waals surface area contributed by atoms with Crippen LogP contribution in [0.15, 0.2) is 47.5 Å². The monoisotopic (exact) mass is 543 g/mol. The van der Waals surface area contributed by atoms with E-state index in [9.17, 15) is 0 Å². The predicted octanol–water partition coefficient (Wildman–Crippen LogP) is 4.70. The van der Waals surface area contributed by atoms with Gasteiger partial charge in [0.2, 0.25) is 0 Å². The second kappa shape index (κ2) is 15.6. The molecule has 0 saturated heterocycles. The number of hydrogen-bond acceptors (Lipinski definition) is 5. The number of benzene rings is 2. The molecule has 0 aliphatic heterocycles. The van der Waals surface area contributed by atoms with Crippen molar-refractivity contribution in [1.82, 2.24) is 5.32 Å². The number of nitrogens with zero attached hydrogens (tertiary/aromatic N) is 1. The summed E-state index contributed by atoms with van der Waals surface area (Å²) < 4.78 is 21.8. The number of guanidine groups is 1. The molecule has 0 atom stereocenters. The Hall–Kier alpha value is -2.20. The Balaban J connectivity index is 0.00000480. The molecule has 2 rings (SSSR count). The molecule has 0 fully saturated rings. The number of nitrogens with one attached hydrogen (secondary N) is 2. The van der Waals surface area contributed by atoms with Gasteiger partial charge in [-0.3, -0.25) is 0 Å². The predicted molar refractivity (Wildman–Crippen MR) is 136 cm³/mol. The first-order chi connectivity index (χ1) is 14.7. The first-order valence-corrected chi connectivity index (χ1v) is 10.3. The Labute approximate surface area is 202 Å². The molecule has 0 spiro atoms. The zero-order chi connectivity index (χ0) is 21.6. The van der Waals surface area contributed by atoms with E-state index in [1.165, 1.54) is 0 Å². The van der Waals surface area contributed by atoms with Crippen LogP contribution in [0.2, 0.25) is 0 Å². The molecule has 0 radical (unpaired) electrons. The zero-order valence-corrected chi connectivity index (χ0v) is 21.1. The number of aliphatic imine (C=N–C) groups is 1. The van der Waals surface area contributed by atoms with Crippen LogP contribution in [0.4, 0.5) is 5.69 Å². The van der Waals surface area contributed by atoms with E-state index < -0.39 is 0 Å². The Bertz CT molecular complexity index is 802. The van der Waals surface area contributed by atoms with Gasteiger partial charge in [0, 0.05) is 38.4 Å². The second-order valence-corrected chi connectivity index (χ2v) is 6.46. The van der Waals surface area contributed by atoms with E-state index in [0.717, 1.165) is 30.0 Å². The highest BCUT2D eigenvalue weighted by molar-refractivity contribution is 14.0. The van der Waals surface area contributed by atoms with Crippen LogP contribution >= 0.6 is 24.0 Å². The van der Waals surface area contributed by atoms with E-state index in [0.29, 0.717) is 43.8 Å². The molecule has 8 heteroatoms. The summed E-state index contributed by atoms with van der Waals surface area (Å²) in [5.74, 6) is 2.93. The molecule has 2 aromatic carbocycles. The highest BCUT2D eigenvalue weighted by Gasteiger charge is 2.07. The van der Waals surface area contributed by atoms with Crippen LogP contribution in [0.3, 0.4) is 0 Å². The molecule has 0 amide bonds. The number of hydrogen-bond donors (Lipinski definition) is 2. The van der Waals surface area contributed by atoms with Crippen molar-refractivity contribution in [2.45, 2.75) is 26.8 Å². The van der Waals surface area contributed by atoms with Crippen LogP contribution in [0.25, 0.3) is 0 Å². The SMILES string of the molecule is CCNC(=NCc1cccc(OCCCOC)c1)Nc1ccc(OC)c(OCC)c1.I. The number of ether oxygens (including phenoxy) is 4. The zero-order valence-electron chi connectivity index (χ0n) is 18.8. The smallest absolute Gasteiger partial charge is 0.196 e. The van der Waals surface area contributed by atoms with E-state index in [-0.39, 0.29) is 24.0 Å². The summed E-state index contributed by atoms with van der Waals surface area (Å²) in [5, 5.41) is 6.59. The fraction of sp³-hybridized carbons (Fsp3) is 0.435. The fourth-order valence-corrected chi connectivity index (χ4v) is 2.76. The molecule has 0 unspecified atom stereocenters. The van der Waals surface area contributed by atoms with Crippen LogP contribution in [-0.4, -0.2) is 46.5 Å². The van der Waals surface area contributed by atoms with Crippen molar-refractivity contribution in [1.29, 1.82) is 0 Å². The van der Waals surface area contributed by atoms with Gasteiger partial charge in [0.1, 0.15) is 5.75 Å². The molecule has 2 aromatic rings. The van der Waals surface area contributed by atoms with Gasteiger partial charge in [0.15, 0.2) is 17.5 Å². The van der Waals surface area contributed by atoms with E-state index in [2.05, 4.69) is 10.6 Å². The summed E-state index contributed by atoms with van der Waals surface area (Å²) in [7, 11) is 3.32. The van der Waals surface area contributed by atoms with Gasteiger partial charge < -0.3 is 29.6 Å². The van der Waals surface area contributed by atoms with Crippen LogP contribution in [0, 0.1) is 0 Å². The van der Waals surface area contributed by atoms with E-state index >= 15 is 0 Å². The molecule has 0 bridgehead atoms. The molecule has 0 aliphatic carbocycles. The first kappa shape index (κ1) is 26.8. The average Bonchev–Trinajstić information content (AvgIpc) is 2.76. The summed E-state index contributed by atoms with van der Waals surface area (Å²) in [4.78, 5) is 4.69. The third-order valence-electron chi connectivity index (χ3n) is 4.15. The normalized spacial score (nSPS) is 10.8. The standard InChI is InChI=1S/C23H33N3O4.HI/c1-5-24-23(26-19-11-12-21(28-4)22(16-19)29-6-2)25-17-18-9-7-10-20(15-18)30-14-8-13-27-3;/h7,9-12,15-16H,5-6,8,13-14,17H2,1-4H3,(H2,24,25,26);1H. The second-order valence-electron chi connectivity index (χ2n) is 6.46. The van der Waals surface area contributed by atoms with Crippen molar-refractivity contribution in [3.05, 3.63) is 48.0 Å². The van der Waals surface area contributed by atoms with Crippen molar-refractivity contribution in [3.8, 4) is 17.2 Å². The van der Waals surface area contributed by atoms with E-state index in [1.807, 2.05) is 56.3 Å². The Morgan fingerprint density at radius 1 is 0.968 bits per heavy atom. The highest BCUT2D eigenvalue weighted by Crippen LogP contribution is 2.30. The largest absolute Gasteiger partial charge is 0.493 e. The van der Waals surface area contributed by atoms with Crippen molar-refractivity contribution in [3.63, 3.8) is 0 Å². The van der Waals surface area contributed by atoms with E-state index in [4.69, 9.17) is 23.9 Å². The van der Waals surface area contributed by atoms with Crippen molar-refractivity contribution in [2.24, 2.45) is 4.99 Å². The van der Waals surface area contributed by atoms with Gasteiger partial charge in [-0.25, -0.2) is 4.99 Å². The van der Waals surface area contributed by atoms with Crippen molar-refractivity contribution in [2.75, 3.05) is 45.9 Å². The highest BCUT2D eigenvalue weighted by atomic mass is 127. The van der Waals surface area contributed by atoms with Crippen molar-refractivity contribution >= 4 is 35.6 Å². The lowest BCUT2D eigenvalue weighted by Crippen LogP contribution is -2.30. The Morgan fingerprint density at radius 2 is 1.81 bits per heavy atom. The lowest BCUT2D eigenvalue weighted by atomic mass is 10.2. The first-order valence-electron chi connectivity index (χ1n) is 10.3. The molecule has 172 valence electrons.